The molecule has 2 amide bonds. The van der Waals surface area contributed by atoms with Crippen LogP contribution in [0.3, 0.4) is 0 Å². The lowest BCUT2D eigenvalue weighted by Crippen LogP contribution is -2.47. The lowest BCUT2D eigenvalue weighted by molar-refractivity contribution is -0.146. The molecule has 6 heteroatoms. The topological polar surface area (TPSA) is 78.9 Å². The lowest BCUT2D eigenvalue weighted by Gasteiger charge is -2.38. The Morgan fingerprint density at radius 3 is 2.72 bits per heavy atom. The van der Waals surface area contributed by atoms with Gasteiger partial charge >= 0.3 is 11.8 Å². The van der Waals surface area contributed by atoms with Crippen molar-refractivity contribution in [3.8, 4) is 5.75 Å². The van der Waals surface area contributed by atoms with Crippen LogP contribution in [0.2, 0.25) is 0 Å². The van der Waals surface area contributed by atoms with Gasteiger partial charge in [-0.25, -0.2) is 0 Å². The molecular formula is C19H24N2O4. The second-order valence-electron chi connectivity index (χ2n) is 7.30. The Labute approximate surface area is 147 Å². The maximum absolute atomic E-state index is 12.5. The van der Waals surface area contributed by atoms with E-state index in [1.165, 1.54) is 0 Å². The molecule has 2 heterocycles. The van der Waals surface area contributed by atoms with Gasteiger partial charge in [0.1, 0.15) is 5.75 Å². The van der Waals surface area contributed by atoms with Crippen LogP contribution in [-0.2, 0) is 16.0 Å². The summed E-state index contributed by atoms with van der Waals surface area (Å²) in [5, 5.41) is 12.6. The highest BCUT2D eigenvalue weighted by Crippen LogP contribution is 2.39. The van der Waals surface area contributed by atoms with Crippen LogP contribution in [0.5, 0.6) is 5.75 Å². The predicted molar refractivity (Wildman–Crippen MR) is 91.1 cm³/mol. The van der Waals surface area contributed by atoms with Crippen molar-refractivity contribution < 1.29 is 19.4 Å². The van der Waals surface area contributed by atoms with Gasteiger partial charge in [0.2, 0.25) is 0 Å². The molecule has 1 atom stereocenters. The fourth-order valence-electron chi connectivity index (χ4n) is 4.04. The van der Waals surface area contributed by atoms with Gasteiger partial charge in [-0.3, -0.25) is 9.59 Å². The normalized spacial score (nSPS) is 25.7. The Morgan fingerprint density at radius 2 is 2.00 bits per heavy atom. The molecule has 134 valence electrons. The van der Waals surface area contributed by atoms with E-state index in [4.69, 9.17) is 4.74 Å². The molecule has 25 heavy (non-hydrogen) atoms. The Kier molecular flexibility index (Phi) is 4.37. The minimum Gasteiger partial charge on any atom is -0.493 e. The highest BCUT2D eigenvalue weighted by atomic mass is 16.5. The molecule has 1 saturated carbocycles. The SMILES string of the molecule is O=C(NC(c1ccc2c(c1)CCO2)C1CC(O)C1)C(=O)N1CCCC1. The molecule has 6 nitrogen and oxygen atoms in total. The maximum Gasteiger partial charge on any atom is 0.311 e. The largest absolute Gasteiger partial charge is 0.493 e. The Morgan fingerprint density at radius 1 is 1.24 bits per heavy atom. The molecule has 2 fully saturated rings. The summed E-state index contributed by atoms with van der Waals surface area (Å²) in [4.78, 5) is 26.4. The molecular weight excluding hydrogens is 320 g/mol. The molecule has 0 aromatic heterocycles. The summed E-state index contributed by atoms with van der Waals surface area (Å²) in [6.45, 7) is 2.01. The number of amides is 2. The molecule has 2 aliphatic heterocycles. The molecule has 3 aliphatic rings. The van der Waals surface area contributed by atoms with Crippen molar-refractivity contribution in [2.45, 2.75) is 44.2 Å². The third-order valence-corrected chi connectivity index (χ3v) is 5.57. The fourth-order valence-corrected chi connectivity index (χ4v) is 4.04. The summed E-state index contributed by atoms with van der Waals surface area (Å²) in [6.07, 6.45) is 3.78. The molecule has 0 bridgehead atoms. The first-order valence-electron chi connectivity index (χ1n) is 9.15. The zero-order valence-electron chi connectivity index (χ0n) is 14.2. The van der Waals surface area contributed by atoms with Gasteiger partial charge in [-0.15, -0.1) is 0 Å². The monoisotopic (exact) mass is 344 g/mol. The number of nitrogens with one attached hydrogen (secondary N) is 1. The standard InChI is InChI=1S/C19H24N2O4/c22-15-10-14(11-15)17(13-3-4-16-12(9-13)5-8-25-16)20-18(23)19(24)21-6-1-2-7-21/h3-4,9,14-15,17,22H,1-2,5-8,10-11H2,(H,20,23). The molecule has 2 N–H and O–H groups in total. The van der Waals surface area contributed by atoms with Crippen LogP contribution in [0.1, 0.15) is 42.9 Å². The second kappa shape index (κ2) is 6.67. The molecule has 1 aliphatic carbocycles. The van der Waals surface area contributed by atoms with Gasteiger partial charge in [0.05, 0.1) is 18.8 Å². The Balaban J connectivity index is 1.52. The molecule has 0 spiro atoms. The van der Waals surface area contributed by atoms with Crippen molar-refractivity contribution in [2.75, 3.05) is 19.7 Å². The average molecular weight is 344 g/mol. The van der Waals surface area contributed by atoms with E-state index < -0.39 is 11.8 Å². The molecule has 1 saturated heterocycles. The molecule has 1 aromatic carbocycles. The highest BCUT2D eigenvalue weighted by Gasteiger charge is 2.37. The Bertz CT molecular complexity index is 678. The van der Waals surface area contributed by atoms with Crippen molar-refractivity contribution in [3.05, 3.63) is 29.3 Å². The summed E-state index contributed by atoms with van der Waals surface area (Å²) in [6, 6.07) is 5.72. The molecule has 0 radical (unpaired) electrons. The molecule has 4 rings (SSSR count). The number of benzene rings is 1. The van der Waals surface area contributed by atoms with E-state index >= 15 is 0 Å². The third kappa shape index (κ3) is 3.23. The van der Waals surface area contributed by atoms with Crippen molar-refractivity contribution in [2.24, 2.45) is 5.92 Å². The van der Waals surface area contributed by atoms with Crippen LogP contribution in [0, 0.1) is 5.92 Å². The molecule has 1 aromatic rings. The zero-order chi connectivity index (χ0) is 17.4. The summed E-state index contributed by atoms with van der Waals surface area (Å²) < 4.78 is 5.55. The number of carbonyl (C=O) groups excluding carboxylic acids is 2. The highest BCUT2D eigenvalue weighted by molar-refractivity contribution is 6.35. The number of aliphatic hydroxyl groups is 1. The van der Waals surface area contributed by atoms with E-state index in [2.05, 4.69) is 11.4 Å². The number of fused-ring (bicyclic) bond motifs is 1. The van der Waals surface area contributed by atoms with Gasteiger partial charge in [-0.05, 0) is 54.9 Å². The van der Waals surface area contributed by atoms with E-state index in [-0.39, 0.29) is 18.1 Å². The van der Waals surface area contributed by atoms with Crippen molar-refractivity contribution in [3.63, 3.8) is 0 Å². The predicted octanol–water partition coefficient (Wildman–Crippen LogP) is 1.17. The maximum atomic E-state index is 12.5. The first-order valence-corrected chi connectivity index (χ1v) is 9.15. The lowest BCUT2D eigenvalue weighted by atomic mass is 9.75. The van der Waals surface area contributed by atoms with Crippen LogP contribution < -0.4 is 10.1 Å². The number of aliphatic hydroxyl groups excluding tert-OH is 1. The summed E-state index contributed by atoms with van der Waals surface area (Å²) >= 11 is 0. The quantitative estimate of drug-likeness (QED) is 0.807. The van der Waals surface area contributed by atoms with Gasteiger partial charge in [-0.1, -0.05) is 6.07 Å². The number of rotatable bonds is 3. The van der Waals surface area contributed by atoms with Crippen LogP contribution in [0.25, 0.3) is 0 Å². The minimum atomic E-state index is -0.537. The van der Waals surface area contributed by atoms with Crippen LogP contribution >= 0.6 is 0 Å². The van der Waals surface area contributed by atoms with Crippen LogP contribution in [-0.4, -0.2) is 47.6 Å². The van der Waals surface area contributed by atoms with Gasteiger partial charge in [0.25, 0.3) is 0 Å². The van der Waals surface area contributed by atoms with Crippen molar-refractivity contribution >= 4 is 11.8 Å². The van der Waals surface area contributed by atoms with E-state index in [0.717, 1.165) is 36.1 Å². The number of hydrogen-bond acceptors (Lipinski definition) is 4. The Hall–Kier alpha value is -2.08. The number of ether oxygens (including phenoxy) is 1. The van der Waals surface area contributed by atoms with Gasteiger partial charge < -0.3 is 20.1 Å². The minimum absolute atomic E-state index is 0.158. The van der Waals surface area contributed by atoms with Crippen molar-refractivity contribution in [1.82, 2.24) is 10.2 Å². The van der Waals surface area contributed by atoms with Crippen LogP contribution in [0.15, 0.2) is 18.2 Å². The first kappa shape index (κ1) is 16.4. The van der Waals surface area contributed by atoms with E-state index in [1.54, 1.807) is 4.90 Å². The van der Waals surface area contributed by atoms with E-state index in [1.807, 2.05) is 12.1 Å². The van der Waals surface area contributed by atoms with Gasteiger partial charge in [-0.2, -0.15) is 0 Å². The van der Waals surface area contributed by atoms with Gasteiger partial charge in [0.15, 0.2) is 0 Å². The summed E-state index contributed by atoms with van der Waals surface area (Å²) in [5.74, 6) is 0.0817. The van der Waals surface area contributed by atoms with Crippen molar-refractivity contribution in [1.29, 1.82) is 0 Å². The second-order valence-corrected chi connectivity index (χ2v) is 7.30. The summed E-state index contributed by atoms with van der Waals surface area (Å²) in [7, 11) is 0. The number of carbonyl (C=O) groups is 2. The van der Waals surface area contributed by atoms with Gasteiger partial charge in [0, 0.05) is 19.5 Å². The van der Waals surface area contributed by atoms with Crippen LogP contribution in [0.4, 0.5) is 0 Å². The first-order chi connectivity index (χ1) is 12.1. The smallest absolute Gasteiger partial charge is 0.311 e. The van der Waals surface area contributed by atoms with E-state index in [0.29, 0.717) is 32.5 Å². The number of likely N-dealkylation sites (tertiary alicyclic amines) is 1. The zero-order valence-corrected chi connectivity index (χ0v) is 14.2. The van der Waals surface area contributed by atoms with E-state index in [9.17, 15) is 14.7 Å². The number of hydrogen-bond donors (Lipinski definition) is 2. The fraction of sp³-hybridized carbons (Fsp3) is 0.579. The number of nitrogens with zero attached hydrogens (tertiary/aromatic N) is 1. The average Bonchev–Trinajstić information content (AvgIpc) is 3.26. The third-order valence-electron chi connectivity index (χ3n) is 5.57. The molecule has 1 unspecified atom stereocenters. The summed E-state index contributed by atoms with van der Waals surface area (Å²) in [5.41, 5.74) is 2.13.